The van der Waals surface area contributed by atoms with Crippen molar-refractivity contribution < 1.29 is 9.84 Å². The molecule has 0 bridgehead atoms. The quantitative estimate of drug-likeness (QED) is 0.877. The Bertz CT molecular complexity index is 491. The SMILES string of the molecule is Cc1ccc(OC[C@H](O)Cn2ccnc2C)cc1. The van der Waals surface area contributed by atoms with Crippen LogP contribution in [0.3, 0.4) is 0 Å². The molecule has 0 fully saturated rings. The van der Waals surface area contributed by atoms with Gasteiger partial charge >= 0.3 is 0 Å². The molecule has 0 amide bonds. The lowest BCUT2D eigenvalue weighted by Gasteiger charge is -2.14. The van der Waals surface area contributed by atoms with E-state index in [1.165, 1.54) is 5.56 Å². The molecule has 2 rings (SSSR count). The van der Waals surface area contributed by atoms with E-state index in [4.69, 9.17) is 4.74 Å². The van der Waals surface area contributed by atoms with E-state index in [9.17, 15) is 5.11 Å². The van der Waals surface area contributed by atoms with E-state index < -0.39 is 6.10 Å². The zero-order chi connectivity index (χ0) is 13.0. The van der Waals surface area contributed by atoms with Crippen molar-refractivity contribution in [1.29, 1.82) is 0 Å². The largest absolute Gasteiger partial charge is 0.491 e. The number of aliphatic hydroxyl groups excluding tert-OH is 1. The number of aryl methyl sites for hydroxylation is 2. The molecule has 1 atom stereocenters. The molecular weight excluding hydrogens is 228 g/mol. The van der Waals surface area contributed by atoms with Crippen molar-refractivity contribution >= 4 is 0 Å². The second-order valence-electron chi connectivity index (χ2n) is 4.40. The van der Waals surface area contributed by atoms with E-state index in [1.54, 1.807) is 6.20 Å². The van der Waals surface area contributed by atoms with Crippen molar-refractivity contribution in [3.05, 3.63) is 48.0 Å². The maximum Gasteiger partial charge on any atom is 0.119 e. The number of hydrogen-bond donors (Lipinski definition) is 1. The van der Waals surface area contributed by atoms with Gasteiger partial charge in [0.05, 0.1) is 6.54 Å². The van der Waals surface area contributed by atoms with Crippen molar-refractivity contribution in [2.75, 3.05) is 6.61 Å². The van der Waals surface area contributed by atoms with Crippen LogP contribution in [-0.4, -0.2) is 27.4 Å². The fourth-order valence-corrected chi connectivity index (χ4v) is 1.70. The number of ether oxygens (including phenoxy) is 1. The topological polar surface area (TPSA) is 47.3 Å². The molecule has 0 aliphatic rings. The lowest BCUT2D eigenvalue weighted by Crippen LogP contribution is -2.23. The molecule has 1 aromatic heterocycles. The summed E-state index contributed by atoms with van der Waals surface area (Å²) in [5.74, 6) is 1.67. The number of rotatable bonds is 5. The van der Waals surface area contributed by atoms with Gasteiger partial charge in [0.15, 0.2) is 0 Å². The van der Waals surface area contributed by atoms with Gasteiger partial charge in [-0.15, -0.1) is 0 Å². The summed E-state index contributed by atoms with van der Waals surface area (Å²) >= 11 is 0. The minimum Gasteiger partial charge on any atom is -0.491 e. The molecule has 0 saturated heterocycles. The third kappa shape index (κ3) is 3.34. The molecule has 0 spiro atoms. The van der Waals surface area contributed by atoms with Gasteiger partial charge < -0.3 is 14.4 Å². The molecule has 0 saturated carbocycles. The highest BCUT2D eigenvalue weighted by molar-refractivity contribution is 5.26. The summed E-state index contributed by atoms with van der Waals surface area (Å²) in [6.07, 6.45) is 3.03. The predicted molar refractivity (Wildman–Crippen MR) is 69.6 cm³/mol. The Morgan fingerprint density at radius 3 is 2.61 bits per heavy atom. The molecule has 18 heavy (non-hydrogen) atoms. The average Bonchev–Trinajstić information content (AvgIpc) is 2.74. The average molecular weight is 246 g/mol. The van der Waals surface area contributed by atoms with Crippen molar-refractivity contribution in [2.45, 2.75) is 26.5 Å². The monoisotopic (exact) mass is 246 g/mol. The molecule has 0 aliphatic heterocycles. The normalized spacial score (nSPS) is 12.4. The molecule has 1 aromatic carbocycles. The third-order valence-electron chi connectivity index (χ3n) is 2.79. The van der Waals surface area contributed by atoms with Gasteiger partial charge in [0.1, 0.15) is 24.3 Å². The highest BCUT2D eigenvalue weighted by Gasteiger charge is 2.07. The number of hydrogen-bond acceptors (Lipinski definition) is 3. The lowest BCUT2D eigenvalue weighted by atomic mass is 10.2. The van der Waals surface area contributed by atoms with Gasteiger partial charge in [-0.1, -0.05) is 17.7 Å². The maximum absolute atomic E-state index is 9.89. The molecular formula is C14H18N2O2. The Balaban J connectivity index is 1.83. The van der Waals surface area contributed by atoms with Gasteiger partial charge in [0.25, 0.3) is 0 Å². The molecule has 4 nitrogen and oxygen atoms in total. The van der Waals surface area contributed by atoms with Crippen molar-refractivity contribution in [2.24, 2.45) is 0 Å². The summed E-state index contributed by atoms with van der Waals surface area (Å²) in [6.45, 7) is 4.71. The first-order valence-corrected chi connectivity index (χ1v) is 6.00. The van der Waals surface area contributed by atoms with Gasteiger partial charge in [-0.05, 0) is 26.0 Å². The van der Waals surface area contributed by atoms with Gasteiger partial charge in [0.2, 0.25) is 0 Å². The molecule has 0 radical (unpaired) electrons. The van der Waals surface area contributed by atoms with Crippen LogP contribution in [0, 0.1) is 13.8 Å². The summed E-state index contributed by atoms with van der Waals surface area (Å²) in [7, 11) is 0. The van der Waals surface area contributed by atoms with E-state index in [0.717, 1.165) is 11.6 Å². The predicted octanol–water partition coefficient (Wildman–Crippen LogP) is 1.94. The molecule has 96 valence electrons. The zero-order valence-corrected chi connectivity index (χ0v) is 10.7. The van der Waals surface area contributed by atoms with Crippen LogP contribution in [0.2, 0.25) is 0 Å². The second kappa shape index (κ2) is 5.69. The summed E-state index contributed by atoms with van der Waals surface area (Å²) in [6, 6.07) is 7.79. The van der Waals surface area contributed by atoms with Crippen LogP contribution in [-0.2, 0) is 6.54 Å². The first kappa shape index (κ1) is 12.6. The van der Waals surface area contributed by atoms with Crippen molar-refractivity contribution in [1.82, 2.24) is 9.55 Å². The number of aromatic nitrogens is 2. The van der Waals surface area contributed by atoms with E-state index in [0.29, 0.717) is 6.54 Å². The van der Waals surface area contributed by atoms with Crippen LogP contribution in [0.4, 0.5) is 0 Å². The summed E-state index contributed by atoms with van der Waals surface area (Å²) in [5, 5.41) is 9.89. The minimum atomic E-state index is -0.542. The molecule has 0 aliphatic carbocycles. The molecule has 0 unspecified atom stereocenters. The smallest absolute Gasteiger partial charge is 0.119 e. The van der Waals surface area contributed by atoms with E-state index >= 15 is 0 Å². The van der Waals surface area contributed by atoms with E-state index in [2.05, 4.69) is 4.98 Å². The Morgan fingerprint density at radius 2 is 2.00 bits per heavy atom. The van der Waals surface area contributed by atoms with Crippen LogP contribution >= 0.6 is 0 Å². The van der Waals surface area contributed by atoms with Gasteiger partial charge in [-0.2, -0.15) is 0 Å². The molecule has 4 heteroatoms. The van der Waals surface area contributed by atoms with Gasteiger partial charge in [-0.25, -0.2) is 4.98 Å². The first-order valence-electron chi connectivity index (χ1n) is 6.00. The summed E-state index contributed by atoms with van der Waals surface area (Å²) in [5.41, 5.74) is 1.19. The second-order valence-corrected chi connectivity index (χ2v) is 4.40. The lowest BCUT2D eigenvalue weighted by molar-refractivity contribution is 0.0919. The summed E-state index contributed by atoms with van der Waals surface area (Å²) in [4.78, 5) is 4.11. The van der Waals surface area contributed by atoms with Gasteiger partial charge in [0, 0.05) is 12.4 Å². The van der Waals surface area contributed by atoms with Crippen LogP contribution in [0.1, 0.15) is 11.4 Å². The number of nitrogens with zero attached hydrogens (tertiary/aromatic N) is 2. The zero-order valence-electron chi connectivity index (χ0n) is 10.7. The number of benzene rings is 1. The number of aliphatic hydroxyl groups is 1. The van der Waals surface area contributed by atoms with E-state index in [-0.39, 0.29) is 6.61 Å². The Hall–Kier alpha value is -1.81. The van der Waals surface area contributed by atoms with Gasteiger partial charge in [-0.3, -0.25) is 0 Å². The minimum absolute atomic E-state index is 0.278. The third-order valence-corrected chi connectivity index (χ3v) is 2.79. The van der Waals surface area contributed by atoms with Crippen LogP contribution in [0.15, 0.2) is 36.7 Å². The maximum atomic E-state index is 9.89. The van der Waals surface area contributed by atoms with Crippen molar-refractivity contribution in [3.8, 4) is 5.75 Å². The van der Waals surface area contributed by atoms with Crippen molar-refractivity contribution in [3.63, 3.8) is 0 Å². The Labute approximate surface area is 107 Å². The highest BCUT2D eigenvalue weighted by atomic mass is 16.5. The van der Waals surface area contributed by atoms with E-state index in [1.807, 2.05) is 48.9 Å². The van der Waals surface area contributed by atoms with Crippen LogP contribution < -0.4 is 4.74 Å². The first-order chi connectivity index (χ1) is 8.65. The Morgan fingerprint density at radius 1 is 1.28 bits per heavy atom. The molecule has 1 N–H and O–H groups in total. The number of imidazole rings is 1. The fraction of sp³-hybridized carbons (Fsp3) is 0.357. The Kier molecular flexibility index (Phi) is 3.99. The standard InChI is InChI=1S/C14H18N2O2/c1-11-3-5-14(6-4-11)18-10-13(17)9-16-8-7-15-12(16)2/h3-8,13,17H,9-10H2,1-2H3/t13-/m1/s1. The van der Waals surface area contributed by atoms with Crippen LogP contribution in [0.5, 0.6) is 5.75 Å². The fourth-order valence-electron chi connectivity index (χ4n) is 1.70. The van der Waals surface area contributed by atoms with Crippen LogP contribution in [0.25, 0.3) is 0 Å². The highest BCUT2D eigenvalue weighted by Crippen LogP contribution is 2.11. The molecule has 2 aromatic rings. The summed E-state index contributed by atoms with van der Waals surface area (Å²) < 4.78 is 7.43. The molecule has 1 heterocycles.